The summed E-state index contributed by atoms with van der Waals surface area (Å²) in [5, 5.41) is 14.6. The van der Waals surface area contributed by atoms with Crippen molar-refractivity contribution in [3.05, 3.63) is 23.7 Å². The van der Waals surface area contributed by atoms with Gasteiger partial charge in [-0.1, -0.05) is 12.8 Å². The van der Waals surface area contributed by atoms with Gasteiger partial charge in [-0.25, -0.2) is 0 Å². The number of carbonyl (C=O) groups is 1. The summed E-state index contributed by atoms with van der Waals surface area (Å²) in [4.78, 5) is 12.5. The summed E-state index contributed by atoms with van der Waals surface area (Å²) >= 11 is 0. The lowest BCUT2D eigenvalue weighted by Gasteiger charge is -2.37. The molecule has 126 valence electrons. The van der Waals surface area contributed by atoms with Crippen LogP contribution in [0.2, 0.25) is 0 Å². The van der Waals surface area contributed by atoms with Gasteiger partial charge in [0, 0.05) is 11.3 Å². The molecule has 0 radical (unpaired) electrons. The van der Waals surface area contributed by atoms with Crippen molar-refractivity contribution < 1.29 is 27.5 Å². The molecule has 0 saturated heterocycles. The molecule has 1 amide bonds. The number of hydrazone groups is 1. The molecule has 8 heteroatoms. The fourth-order valence-electron chi connectivity index (χ4n) is 3.29. The quantitative estimate of drug-likeness (QED) is 0.860. The minimum absolute atomic E-state index is 0.0338. The number of fused-ring (bicyclic) bond motifs is 1. The molecule has 1 aliphatic carbocycles. The molecule has 0 spiro atoms. The molecule has 2 aliphatic rings. The van der Waals surface area contributed by atoms with E-state index in [1.165, 1.54) is 6.26 Å². The highest BCUT2D eigenvalue weighted by Crippen LogP contribution is 2.48. The highest BCUT2D eigenvalue weighted by atomic mass is 19.4. The molecule has 0 unspecified atom stereocenters. The summed E-state index contributed by atoms with van der Waals surface area (Å²) < 4.78 is 45.8. The van der Waals surface area contributed by atoms with E-state index < -0.39 is 23.7 Å². The molecular weight excluding hydrogens is 313 g/mol. The second kappa shape index (κ2) is 5.36. The lowest BCUT2D eigenvalue weighted by molar-refractivity contribution is -0.312. The maximum Gasteiger partial charge on any atom is 0.439 e. The first-order valence-corrected chi connectivity index (χ1v) is 7.50. The van der Waals surface area contributed by atoms with Crippen LogP contribution in [-0.4, -0.2) is 33.6 Å². The molecule has 23 heavy (non-hydrogen) atoms. The van der Waals surface area contributed by atoms with Crippen LogP contribution in [0.25, 0.3) is 0 Å². The maximum atomic E-state index is 13.7. The van der Waals surface area contributed by atoms with Crippen LogP contribution in [-0.2, 0) is 0 Å². The predicted octanol–water partition coefficient (Wildman–Crippen LogP) is 3.23. The topological polar surface area (TPSA) is 66.0 Å². The van der Waals surface area contributed by atoms with Crippen LogP contribution in [0.15, 0.2) is 22.0 Å². The third kappa shape index (κ3) is 2.36. The van der Waals surface area contributed by atoms with E-state index in [9.17, 15) is 23.1 Å². The Kier molecular flexibility index (Phi) is 3.74. The minimum atomic E-state index is -5.00. The molecule has 5 nitrogen and oxygen atoms in total. The first-order valence-electron chi connectivity index (χ1n) is 7.50. The van der Waals surface area contributed by atoms with Crippen LogP contribution in [0.4, 0.5) is 13.2 Å². The van der Waals surface area contributed by atoms with E-state index in [-0.39, 0.29) is 22.7 Å². The van der Waals surface area contributed by atoms with E-state index in [1.54, 1.807) is 6.92 Å². The zero-order valence-electron chi connectivity index (χ0n) is 12.6. The molecule has 1 aliphatic heterocycles. The molecule has 2 atom stereocenters. The van der Waals surface area contributed by atoms with E-state index in [0.29, 0.717) is 24.8 Å². The van der Waals surface area contributed by atoms with E-state index in [1.807, 2.05) is 0 Å². The van der Waals surface area contributed by atoms with Crippen LogP contribution in [0.5, 0.6) is 0 Å². The molecular formula is C15H17F3N2O3. The molecule has 0 bridgehead atoms. The van der Waals surface area contributed by atoms with Crippen molar-refractivity contribution in [2.24, 2.45) is 11.0 Å². The highest BCUT2D eigenvalue weighted by molar-refractivity contribution is 5.99. The Morgan fingerprint density at radius 3 is 2.74 bits per heavy atom. The monoisotopic (exact) mass is 330 g/mol. The largest absolute Gasteiger partial charge is 0.471 e. The van der Waals surface area contributed by atoms with Gasteiger partial charge < -0.3 is 9.52 Å². The van der Waals surface area contributed by atoms with Crippen molar-refractivity contribution in [3.63, 3.8) is 0 Å². The second-order valence-corrected chi connectivity index (χ2v) is 6.05. The van der Waals surface area contributed by atoms with Gasteiger partial charge in [-0.15, -0.1) is 0 Å². The Morgan fingerprint density at radius 1 is 1.39 bits per heavy atom. The predicted molar refractivity (Wildman–Crippen MR) is 74.6 cm³/mol. The van der Waals surface area contributed by atoms with E-state index in [2.05, 4.69) is 5.10 Å². The van der Waals surface area contributed by atoms with E-state index >= 15 is 0 Å². The summed E-state index contributed by atoms with van der Waals surface area (Å²) in [7, 11) is 0. The van der Waals surface area contributed by atoms with Gasteiger partial charge in [-0.3, -0.25) is 4.79 Å². The van der Waals surface area contributed by atoms with Crippen LogP contribution < -0.4 is 0 Å². The smallest absolute Gasteiger partial charge is 0.439 e. The zero-order chi connectivity index (χ0) is 16.8. The number of alkyl halides is 3. The molecule has 2 heterocycles. The first kappa shape index (κ1) is 16.0. The number of amides is 1. The van der Waals surface area contributed by atoms with Gasteiger partial charge in [0.25, 0.3) is 11.6 Å². The number of carbonyl (C=O) groups excluding carboxylic acids is 1. The Labute approximate surface area is 130 Å². The molecule has 0 aromatic carbocycles. The van der Waals surface area contributed by atoms with Crippen LogP contribution in [0.1, 0.15) is 48.0 Å². The fraction of sp³-hybridized carbons (Fsp3) is 0.600. The molecule has 1 fully saturated rings. The number of aryl methyl sites for hydroxylation is 1. The average Bonchev–Trinajstić information content (AvgIpc) is 2.92. The van der Waals surface area contributed by atoms with Crippen molar-refractivity contribution in [2.75, 3.05) is 0 Å². The highest BCUT2D eigenvalue weighted by Gasteiger charge is 2.68. The van der Waals surface area contributed by atoms with Gasteiger partial charge in [0.2, 0.25) is 0 Å². The average molecular weight is 330 g/mol. The summed E-state index contributed by atoms with van der Waals surface area (Å²) in [6, 6.07) is 0. The van der Waals surface area contributed by atoms with E-state index in [4.69, 9.17) is 4.42 Å². The third-order valence-corrected chi connectivity index (χ3v) is 4.56. The van der Waals surface area contributed by atoms with Gasteiger partial charge in [0.05, 0.1) is 17.7 Å². The summed E-state index contributed by atoms with van der Waals surface area (Å²) in [5.41, 5.74) is -2.69. The lowest BCUT2D eigenvalue weighted by Crippen LogP contribution is -2.61. The fourth-order valence-corrected chi connectivity index (χ4v) is 3.29. The molecule has 1 N–H and O–H groups in total. The molecule has 1 aromatic rings. The first-order chi connectivity index (χ1) is 10.8. The lowest BCUT2D eigenvalue weighted by atomic mass is 9.87. The molecule has 1 aromatic heterocycles. The Balaban J connectivity index is 2.06. The van der Waals surface area contributed by atoms with Crippen molar-refractivity contribution >= 4 is 11.6 Å². The zero-order valence-corrected chi connectivity index (χ0v) is 12.6. The standard InChI is InChI=1S/C15H17F3N2O3/c1-9-7-23-8-10(9)13(21)20-14(22,15(16,17)18)11-5-3-2-4-6-12(11)19-20/h7-8,11,22H,2-6H2,1H3/t11-,14+/m0/s1. The second-order valence-electron chi connectivity index (χ2n) is 6.05. The van der Waals surface area contributed by atoms with Crippen molar-refractivity contribution in [3.8, 4) is 0 Å². The van der Waals surface area contributed by atoms with Gasteiger partial charge in [0.1, 0.15) is 6.26 Å². The van der Waals surface area contributed by atoms with Gasteiger partial charge in [-0.2, -0.15) is 23.3 Å². The third-order valence-electron chi connectivity index (χ3n) is 4.56. The number of rotatable bonds is 1. The van der Waals surface area contributed by atoms with Crippen molar-refractivity contribution in [2.45, 2.75) is 50.9 Å². The summed E-state index contributed by atoms with van der Waals surface area (Å²) in [6.07, 6.45) is -0.0894. The Morgan fingerprint density at radius 2 is 2.13 bits per heavy atom. The molecule has 3 rings (SSSR count). The van der Waals surface area contributed by atoms with Gasteiger partial charge >= 0.3 is 6.18 Å². The summed E-state index contributed by atoms with van der Waals surface area (Å²) in [5.74, 6) is -2.21. The maximum absolute atomic E-state index is 13.7. The van der Waals surface area contributed by atoms with Crippen LogP contribution in [0.3, 0.4) is 0 Å². The van der Waals surface area contributed by atoms with Crippen LogP contribution in [0, 0.1) is 12.8 Å². The Bertz CT molecular complexity index is 653. The van der Waals surface area contributed by atoms with Crippen molar-refractivity contribution in [1.82, 2.24) is 5.01 Å². The number of hydrogen-bond donors (Lipinski definition) is 1. The number of hydrogen-bond acceptors (Lipinski definition) is 4. The van der Waals surface area contributed by atoms with Gasteiger partial charge in [0.15, 0.2) is 0 Å². The number of nitrogens with zero attached hydrogens (tertiary/aromatic N) is 2. The number of aliphatic hydroxyl groups is 1. The normalized spacial score (nSPS) is 28.3. The minimum Gasteiger partial charge on any atom is -0.471 e. The van der Waals surface area contributed by atoms with Crippen molar-refractivity contribution in [1.29, 1.82) is 0 Å². The SMILES string of the molecule is Cc1cocc1C(=O)N1N=C2CCCCC[C@@H]2[C@@]1(O)C(F)(F)F. The number of halogens is 3. The van der Waals surface area contributed by atoms with Gasteiger partial charge in [-0.05, 0) is 26.2 Å². The van der Waals surface area contributed by atoms with Crippen LogP contribution >= 0.6 is 0 Å². The van der Waals surface area contributed by atoms with E-state index in [0.717, 1.165) is 12.7 Å². The molecule has 1 saturated carbocycles. The number of furan rings is 1. The summed E-state index contributed by atoms with van der Waals surface area (Å²) in [6.45, 7) is 1.55. The Hall–Kier alpha value is -1.83.